The smallest absolute Gasteiger partial charge is 0.254 e. The summed E-state index contributed by atoms with van der Waals surface area (Å²) in [5.41, 5.74) is 3.54. The van der Waals surface area contributed by atoms with Gasteiger partial charge in [-0.25, -0.2) is 0 Å². The monoisotopic (exact) mass is 408 g/mol. The van der Waals surface area contributed by atoms with E-state index in [2.05, 4.69) is 5.32 Å². The van der Waals surface area contributed by atoms with Gasteiger partial charge in [0.15, 0.2) is 0 Å². The Balaban J connectivity index is 1.56. The summed E-state index contributed by atoms with van der Waals surface area (Å²) in [5, 5.41) is 2.88. The fourth-order valence-corrected chi connectivity index (χ4v) is 3.78. The number of nitrogens with zero attached hydrogens (tertiary/aromatic N) is 1. The van der Waals surface area contributed by atoms with E-state index in [9.17, 15) is 9.59 Å². The maximum absolute atomic E-state index is 13.0. The van der Waals surface area contributed by atoms with Gasteiger partial charge in [-0.3, -0.25) is 9.59 Å². The molecule has 0 aliphatic carbocycles. The van der Waals surface area contributed by atoms with E-state index in [1.165, 1.54) is 0 Å². The van der Waals surface area contributed by atoms with Crippen molar-refractivity contribution in [2.45, 2.75) is 46.6 Å². The van der Waals surface area contributed by atoms with Crippen molar-refractivity contribution in [2.24, 2.45) is 5.92 Å². The van der Waals surface area contributed by atoms with Crippen LogP contribution in [0.25, 0.3) is 0 Å². The molecule has 1 aliphatic rings. The van der Waals surface area contributed by atoms with Gasteiger partial charge in [0.2, 0.25) is 0 Å². The minimum atomic E-state index is -0.0792. The van der Waals surface area contributed by atoms with Gasteiger partial charge in [-0.15, -0.1) is 0 Å². The Hall–Kier alpha value is -2.82. The lowest BCUT2D eigenvalue weighted by Gasteiger charge is -2.33. The summed E-state index contributed by atoms with van der Waals surface area (Å²) in [5.74, 6) is 1.08. The first-order valence-electron chi connectivity index (χ1n) is 10.7. The number of carbonyl (C=O) groups is 2. The van der Waals surface area contributed by atoms with Crippen LogP contribution in [0.15, 0.2) is 42.5 Å². The average molecular weight is 409 g/mol. The summed E-state index contributed by atoms with van der Waals surface area (Å²) in [7, 11) is 0. The number of carbonyl (C=O) groups excluding carboxylic acids is 2. The van der Waals surface area contributed by atoms with Gasteiger partial charge in [0, 0.05) is 36.2 Å². The van der Waals surface area contributed by atoms with Gasteiger partial charge in [-0.2, -0.15) is 0 Å². The van der Waals surface area contributed by atoms with Crippen LogP contribution >= 0.6 is 0 Å². The molecule has 0 spiro atoms. The highest BCUT2D eigenvalue weighted by molar-refractivity contribution is 5.96. The van der Waals surface area contributed by atoms with Crippen LogP contribution < -0.4 is 10.1 Å². The van der Waals surface area contributed by atoms with Gasteiger partial charge in [0.25, 0.3) is 11.8 Å². The van der Waals surface area contributed by atoms with Crippen LogP contribution in [0.4, 0.5) is 0 Å². The van der Waals surface area contributed by atoms with Crippen LogP contribution in [0.2, 0.25) is 0 Å². The zero-order valence-electron chi connectivity index (χ0n) is 18.4. The molecule has 160 valence electrons. The quantitative estimate of drug-likeness (QED) is 0.772. The summed E-state index contributed by atoms with van der Waals surface area (Å²) < 4.78 is 5.97. The van der Waals surface area contributed by atoms with Gasteiger partial charge in [-0.05, 0) is 76.4 Å². The lowest BCUT2D eigenvalue weighted by molar-refractivity contribution is 0.0632. The van der Waals surface area contributed by atoms with Crippen molar-refractivity contribution in [3.8, 4) is 5.75 Å². The molecular formula is C25H32N2O3. The highest BCUT2D eigenvalue weighted by atomic mass is 16.5. The number of piperidine rings is 1. The van der Waals surface area contributed by atoms with Crippen molar-refractivity contribution >= 4 is 11.8 Å². The normalized spacial score (nSPS) is 16.4. The predicted octanol–water partition coefficient (Wildman–Crippen LogP) is 4.37. The van der Waals surface area contributed by atoms with Crippen LogP contribution in [0.5, 0.6) is 5.75 Å². The Labute approximate surface area is 179 Å². The van der Waals surface area contributed by atoms with E-state index in [-0.39, 0.29) is 17.9 Å². The highest BCUT2D eigenvalue weighted by Gasteiger charge is 2.26. The van der Waals surface area contributed by atoms with Crippen LogP contribution in [0.1, 0.15) is 58.5 Å². The van der Waals surface area contributed by atoms with E-state index in [1.54, 1.807) is 12.1 Å². The molecule has 0 radical (unpaired) electrons. The average Bonchev–Trinajstić information content (AvgIpc) is 2.73. The molecule has 3 rings (SSSR count). The Morgan fingerprint density at radius 1 is 1.13 bits per heavy atom. The first kappa shape index (κ1) is 21.9. The second-order valence-corrected chi connectivity index (χ2v) is 8.54. The SMILES string of the molecule is Cc1ccc(C)c(C(=O)N2CCC[C@@H](COc3ccc(C(=O)NC(C)C)cc3)C2)c1. The molecule has 1 aliphatic heterocycles. The van der Waals surface area contributed by atoms with Crippen LogP contribution in [-0.4, -0.2) is 42.5 Å². The Morgan fingerprint density at radius 2 is 1.87 bits per heavy atom. The third-order valence-electron chi connectivity index (χ3n) is 5.45. The van der Waals surface area contributed by atoms with Crippen LogP contribution in [0, 0.1) is 19.8 Å². The molecule has 1 atom stereocenters. The van der Waals surface area contributed by atoms with E-state index < -0.39 is 0 Å². The van der Waals surface area contributed by atoms with E-state index in [0.717, 1.165) is 41.8 Å². The molecule has 0 unspecified atom stereocenters. The number of hydrogen-bond donors (Lipinski definition) is 1. The summed E-state index contributed by atoms with van der Waals surface area (Å²) in [6, 6.07) is 13.4. The van der Waals surface area contributed by atoms with Gasteiger partial charge < -0.3 is 15.0 Å². The zero-order valence-corrected chi connectivity index (χ0v) is 18.4. The van der Waals surface area contributed by atoms with Crippen LogP contribution in [0.3, 0.4) is 0 Å². The zero-order chi connectivity index (χ0) is 21.7. The fraction of sp³-hybridized carbons (Fsp3) is 0.440. The van der Waals surface area contributed by atoms with Crippen molar-refractivity contribution in [3.63, 3.8) is 0 Å². The summed E-state index contributed by atoms with van der Waals surface area (Å²) in [4.78, 5) is 27.0. The molecule has 1 fully saturated rings. The lowest BCUT2D eigenvalue weighted by atomic mass is 9.97. The second-order valence-electron chi connectivity index (χ2n) is 8.54. The maximum atomic E-state index is 13.0. The Bertz CT molecular complexity index is 890. The topological polar surface area (TPSA) is 58.6 Å². The molecule has 30 heavy (non-hydrogen) atoms. The molecule has 2 aromatic carbocycles. The molecule has 0 saturated carbocycles. The number of hydrogen-bond acceptors (Lipinski definition) is 3. The van der Waals surface area contributed by atoms with Gasteiger partial charge in [-0.1, -0.05) is 17.7 Å². The number of aryl methyl sites for hydroxylation is 2. The molecule has 0 aromatic heterocycles. The summed E-state index contributed by atoms with van der Waals surface area (Å²) in [6.07, 6.45) is 2.03. The van der Waals surface area contributed by atoms with Crippen molar-refractivity contribution in [1.29, 1.82) is 0 Å². The fourth-order valence-electron chi connectivity index (χ4n) is 3.78. The van der Waals surface area contributed by atoms with E-state index >= 15 is 0 Å². The summed E-state index contributed by atoms with van der Waals surface area (Å²) in [6.45, 7) is 9.95. The third-order valence-corrected chi connectivity index (χ3v) is 5.45. The van der Waals surface area contributed by atoms with Crippen molar-refractivity contribution in [1.82, 2.24) is 10.2 Å². The first-order chi connectivity index (χ1) is 14.3. The minimum Gasteiger partial charge on any atom is -0.493 e. The number of rotatable bonds is 6. The molecule has 1 N–H and O–H groups in total. The van der Waals surface area contributed by atoms with Gasteiger partial charge >= 0.3 is 0 Å². The Kier molecular flexibility index (Phi) is 7.14. The number of likely N-dealkylation sites (tertiary alicyclic amines) is 1. The molecule has 2 amide bonds. The highest BCUT2D eigenvalue weighted by Crippen LogP contribution is 2.22. The summed E-state index contributed by atoms with van der Waals surface area (Å²) >= 11 is 0. The van der Waals surface area contributed by atoms with Crippen molar-refractivity contribution in [3.05, 3.63) is 64.7 Å². The first-order valence-corrected chi connectivity index (χ1v) is 10.7. The largest absolute Gasteiger partial charge is 0.493 e. The molecular weight excluding hydrogens is 376 g/mol. The maximum Gasteiger partial charge on any atom is 0.254 e. The van der Waals surface area contributed by atoms with E-state index in [4.69, 9.17) is 4.74 Å². The van der Waals surface area contributed by atoms with E-state index in [0.29, 0.717) is 24.6 Å². The number of nitrogens with one attached hydrogen (secondary N) is 1. The predicted molar refractivity (Wildman–Crippen MR) is 119 cm³/mol. The van der Waals surface area contributed by atoms with Crippen molar-refractivity contribution in [2.75, 3.05) is 19.7 Å². The molecule has 5 heteroatoms. The molecule has 2 aromatic rings. The standard InChI is InChI=1S/C25H32N2O3/c1-17(2)26-24(28)21-9-11-22(12-10-21)30-16-20-6-5-13-27(15-20)25(29)23-14-18(3)7-8-19(23)4/h7-12,14,17,20H,5-6,13,15-16H2,1-4H3,(H,26,28)/t20-/m1/s1. The van der Waals surface area contributed by atoms with Crippen LogP contribution in [-0.2, 0) is 0 Å². The van der Waals surface area contributed by atoms with Crippen molar-refractivity contribution < 1.29 is 14.3 Å². The molecule has 1 saturated heterocycles. The Morgan fingerprint density at radius 3 is 2.57 bits per heavy atom. The molecule has 5 nitrogen and oxygen atoms in total. The minimum absolute atomic E-state index is 0.0792. The van der Waals surface area contributed by atoms with Gasteiger partial charge in [0.05, 0.1) is 6.61 Å². The van der Waals surface area contributed by atoms with Gasteiger partial charge in [0.1, 0.15) is 5.75 Å². The number of amides is 2. The third kappa shape index (κ3) is 5.62. The molecule has 1 heterocycles. The lowest BCUT2D eigenvalue weighted by Crippen LogP contribution is -2.41. The molecule has 0 bridgehead atoms. The van der Waals surface area contributed by atoms with E-state index in [1.807, 2.05) is 62.9 Å². The number of ether oxygens (including phenoxy) is 1. The number of benzene rings is 2. The second kappa shape index (κ2) is 9.79.